The van der Waals surface area contributed by atoms with Crippen molar-refractivity contribution in [2.75, 3.05) is 12.4 Å². The number of aromatic nitrogens is 2. The van der Waals surface area contributed by atoms with E-state index in [4.69, 9.17) is 0 Å². The molecule has 0 aliphatic carbocycles. The third kappa shape index (κ3) is 2.42. The van der Waals surface area contributed by atoms with Crippen LogP contribution in [0.25, 0.3) is 11.3 Å². The normalized spacial score (nSPS) is 10.1. The molecule has 2 aromatic heterocycles. The summed E-state index contributed by atoms with van der Waals surface area (Å²) in [5.41, 5.74) is 2.28. The summed E-state index contributed by atoms with van der Waals surface area (Å²) in [5, 5.41) is 13.7. The highest BCUT2D eigenvalue weighted by molar-refractivity contribution is 5.65. The summed E-state index contributed by atoms with van der Waals surface area (Å²) in [6.45, 7) is 1.91. The molecule has 0 saturated carbocycles. The highest BCUT2D eigenvalue weighted by Crippen LogP contribution is 2.24. The maximum absolute atomic E-state index is 10.9. The number of nitro groups is 1. The van der Waals surface area contributed by atoms with E-state index in [1.165, 1.54) is 12.1 Å². The lowest BCUT2D eigenvalue weighted by molar-refractivity contribution is -0.384. The molecular weight excluding hydrogens is 232 g/mol. The van der Waals surface area contributed by atoms with Gasteiger partial charge in [0.05, 0.1) is 16.7 Å². The molecule has 1 N–H and O–H groups in total. The minimum atomic E-state index is -0.435. The molecule has 0 radical (unpaired) electrons. The fourth-order valence-electron chi connectivity index (χ4n) is 1.59. The van der Waals surface area contributed by atoms with Crippen molar-refractivity contribution in [3.63, 3.8) is 0 Å². The van der Waals surface area contributed by atoms with Crippen LogP contribution in [0, 0.1) is 17.0 Å². The zero-order valence-electron chi connectivity index (χ0n) is 10.0. The van der Waals surface area contributed by atoms with Gasteiger partial charge < -0.3 is 5.32 Å². The molecule has 0 aromatic carbocycles. The quantitative estimate of drug-likeness (QED) is 0.662. The molecule has 0 bridgehead atoms. The van der Waals surface area contributed by atoms with Gasteiger partial charge in [-0.3, -0.25) is 15.1 Å². The number of anilines is 1. The van der Waals surface area contributed by atoms with Gasteiger partial charge in [0.1, 0.15) is 5.82 Å². The van der Waals surface area contributed by atoms with Crippen LogP contribution in [-0.2, 0) is 0 Å². The van der Waals surface area contributed by atoms with Gasteiger partial charge in [-0.25, -0.2) is 4.98 Å². The smallest absolute Gasteiger partial charge is 0.275 e. The first-order valence-corrected chi connectivity index (χ1v) is 5.36. The van der Waals surface area contributed by atoms with Crippen LogP contribution in [-0.4, -0.2) is 21.9 Å². The van der Waals surface area contributed by atoms with Crippen molar-refractivity contribution in [2.24, 2.45) is 0 Å². The van der Waals surface area contributed by atoms with Crippen LogP contribution in [0.2, 0.25) is 0 Å². The Kier molecular flexibility index (Phi) is 3.18. The monoisotopic (exact) mass is 244 g/mol. The zero-order chi connectivity index (χ0) is 13.1. The van der Waals surface area contributed by atoms with Gasteiger partial charge in [0.2, 0.25) is 0 Å². The molecule has 0 amide bonds. The second kappa shape index (κ2) is 4.79. The Morgan fingerprint density at radius 2 is 2.06 bits per heavy atom. The van der Waals surface area contributed by atoms with E-state index >= 15 is 0 Å². The van der Waals surface area contributed by atoms with Crippen LogP contribution in [0.15, 0.2) is 30.6 Å². The highest BCUT2D eigenvalue weighted by atomic mass is 16.6. The average Bonchev–Trinajstić information content (AvgIpc) is 2.38. The molecule has 0 unspecified atom stereocenters. The van der Waals surface area contributed by atoms with Crippen molar-refractivity contribution >= 4 is 11.5 Å². The summed E-state index contributed by atoms with van der Waals surface area (Å²) in [5.74, 6) is 0.459. The highest BCUT2D eigenvalue weighted by Gasteiger charge is 2.12. The lowest BCUT2D eigenvalue weighted by atomic mass is 10.1. The Balaban J connectivity index is 2.56. The Labute approximate surface area is 104 Å². The summed E-state index contributed by atoms with van der Waals surface area (Å²) >= 11 is 0. The number of nitrogens with zero attached hydrogens (tertiary/aromatic N) is 3. The number of hydrogen-bond acceptors (Lipinski definition) is 5. The summed E-state index contributed by atoms with van der Waals surface area (Å²) in [7, 11) is 1.67. The summed E-state index contributed by atoms with van der Waals surface area (Å²) in [4.78, 5) is 18.8. The molecule has 0 atom stereocenters. The van der Waals surface area contributed by atoms with Crippen LogP contribution in [0.3, 0.4) is 0 Å². The molecule has 92 valence electrons. The first-order valence-electron chi connectivity index (χ1n) is 5.36. The zero-order valence-corrected chi connectivity index (χ0v) is 10.0. The Hall–Kier alpha value is -2.50. The first kappa shape index (κ1) is 12.0. The van der Waals surface area contributed by atoms with E-state index in [1.54, 1.807) is 19.4 Å². The fourth-order valence-corrected chi connectivity index (χ4v) is 1.59. The maximum atomic E-state index is 10.9. The van der Waals surface area contributed by atoms with Crippen LogP contribution in [0.4, 0.5) is 11.5 Å². The fraction of sp³-hybridized carbons (Fsp3) is 0.167. The Bertz CT molecular complexity index is 598. The molecule has 2 rings (SSSR count). The van der Waals surface area contributed by atoms with Crippen molar-refractivity contribution < 1.29 is 4.92 Å². The molecule has 18 heavy (non-hydrogen) atoms. The summed E-state index contributed by atoms with van der Waals surface area (Å²) in [6.07, 6.45) is 3.36. The van der Waals surface area contributed by atoms with Crippen molar-refractivity contribution in [1.82, 2.24) is 9.97 Å². The molecule has 2 aromatic rings. The number of aryl methyl sites for hydroxylation is 1. The topological polar surface area (TPSA) is 81.0 Å². The molecule has 6 heteroatoms. The second-order valence-electron chi connectivity index (χ2n) is 3.85. The van der Waals surface area contributed by atoms with Crippen LogP contribution >= 0.6 is 0 Å². The van der Waals surface area contributed by atoms with Gasteiger partial charge in [-0.2, -0.15) is 0 Å². The van der Waals surface area contributed by atoms with Gasteiger partial charge in [-0.15, -0.1) is 0 Å². The second-order valence-corrected chi connectivity index (χ2v) is 3.85. The van der Waals surface area contributed by atoms with E-state index in [0.717, 1.165) is 11.1 Å². The lowest BCUT2D eigenvalue weighted by Crippen LogP contribution is -1.97. The molecule has 0 aliphatic heterocycles. The van der Waals surface area contributed by atoms with E-state index in [0.29, 0.717) is 11.5 Å². The summed E-state index contributed by atoms with van der Waals surface area (Å²) < 4.78 is 0. The predicted octanol–water partition coefficient (Wildman–Crippen LogP) is 2.40. The van der Waals surface area contributed by atoms with Crippen LogP contribution in [0.1, 0.15) is 5.56 Å². The molecule has 0 saturated heterocycles. The maximum Gasteiger partial charge on any atom is 0.275 e. The molecule has 2 heterocycles. The largest absolute Gasteiger partial charge is 0.373 e. The number of pyridine rings is 2. The van der Waals surface area contributed by atoms with Gasteiger partial charge in [0.15, 0.2) is 0 Å². The molecule has 6 nitrogen and oxygen atoms in total. The van der Waals surface area contributed by atoms with Crippen molar-refractivity contribution in [3.8, 4) is 11.3 Å². The van der Waals surface area contributed by atoms with Gasteiger partial charge in [-0.05, 0) is 18.6 Å². The van der Waals surface area contributed by atoms with E-state index in [9.17, 15) is 10.1 Å². The number of hydrogen-bond donors (Lipinski definition) is 1. The van der Waals surface area contributed by atoms with E-state index in [-0.39, 0.29) is 5.69 Å². The molecule has 0 aliphatic rings. The molecular formula is C12H12N4O2. The standard InChI is InChI=1S/C12H12N4O2/c1-8-3-9(7-14-6-8)11-4-10(16(17)18)5-12(13-2)15-11/h3-7H,1-2H3,(H,13,15). The average molecular weight is 244 g/mol. The van der Waals surface area contributed by atoms with Gasteiger partial charge in [0, 0.05) is 31.1 Å². The molecule has 0 fully saturated rings. The van der Waals surface area contributed by atoms with Gasteiger partial charge in [-0.1, -0.05) is 0 Å². The number of rotatable bonds is 3. The first-order chi connectivity index (χ1) is 8.60. The van der Waals surface area contributed by atoms with Gasteiger partial charge >= 0.3 is 0 Å². The third-order valence-corrected chi connectivity index (χ3v) is 2.45. The Morgan fingerprint density at radius 1 is 1.28 bits per heavy atom. The van der Waals surface area contributed by atoms with Crippen LogP contribution < -0.4 is 5.32 Å². The predicted molar refractivity (Wildman–Crippen MR) is 68.4 cm³/mol. The van der Waals surface area contributed by atoms with E-state index in [1.807, 2.05) is 13.0 Å². The van der Waals surface area contributed by atoms with Crippen molar-refractivity contribution in [1.29, 1.82) is 0 Å². The van der Waals surface area contributed by atoms with Crippen LogP contribution in [0.5, 0.6) is 0 Å². The summed E-state index contributed by atoms with van der Waals surface area (Å²) in [6, 6.07) is 4.72. The molecule has 0 spiro atoms. The minimum absolute atomic E-state index is 0.00542. The lowest BCUT2D eigenvalue weighted by Gasteiger charge is -2.05. The minimum Gasteiger partial charge on any atom is -0.373 e. The SMILES string of the molecule is CNc1cc([N+](=O)[O-])cc(-c2cncc(C)c2)n1. The van der Waals surface area contributed by atoms with Crippen molar-refractivity contribution in [2.45, 2.75) is 6.92 Å². The van der Waals surface area contributed by atoms with Gasteiger partial charge in [0.25, 0.3) is 5.69 Å². The third-order valence-electron chi connectivity index (χ3n) is 2.45. The van der Waals surface area contributed by atoms with E-state index in [2.05, 4.69) is 15.3 Å². The Morgan fingerprint density at radius 3 is 2.67 bits per heavy atom. The number of nitrogens with one attached hydrogen (secondary N) is 1. The van der Waals surface area contributed by atoms with E-state index < -0.39 is 4.92 Å². The van der Waals surface area contributed by atoms with Crippen molar-refractivity contribution in [3.05, 3.63) is 46.3 Å².